The van der Waals surface area contributed by atoms with E-state index < -0.39 is 5.41 Å². The molecule has 4 aliphatic carbocycles. The van der Waals surface area contributed by atoms with Crippen LogP contribution in [0.15, 0.2) is 22.3 Å². The van der Waals surface area contributed by atoms with E-state index in [1.165, 1.54) is 30.2 Å². The van der Waals surface area contributed by atoms with E-state index in [4.69, 9.17) is 4.74 Å². The highest BCUT2D eigenvalue weighted by Crippen LogP contribution is 2.73. The zero-order valence-corrected chi connectivity index (χ0v) is 16.6. The second-order valence-corrected chi connectivity index (χ2v) is 10.2. The Bertz CT molecular complexity index is 854. The number of ketones is 1. The van der Waals surface area contributed by atoms with Crippen LogP contribution in [0, 0.1) is 28.6 Å². The summed E-state index contributed by atoms with van der Waals surface area (Å²) in [6.45, 7) is 6.89. The minimum absolute atomic E-state index is 0.0385. The number of allylic oxidation sites excluding steroid dienone is 3. The molecule has 0 aromatic heterocycles. The molecule has 6 aliphatic rings. The molecule has 0 radical (unpaired) electrons. The highest BCUT2D eigenvalue weighted by molar-refractivity contribution is 6.01. The number of rotatable bonds is 1. The number of carbonyl (C=O) groups is 2. The normalized spacial score (nSPS) is 47.4. The first-order valence-corrected chi connectivity index (χ1v) is 10.7. The van der Waals surface area contributed by atoms with Gasteiger partial charge in [-0.05, 0) is 61.5 Å². The number of hydrogen-bond donors (Lipinski definition) is 0. The molecule has 0 amide bonds. The maximum Gasteiger partial charge on any atom is 0.334 e. The molecule has 2 aliphatic heterocycles. The Hall–Kier alpha value is -1.42. The Labute approximate surface area is 161 Å². The maximum atomic E-state index is 14.3. The summed E-state index contributed by atoms with van der Waals surface area (Å²) in [7, 11) is 1.48. The Morgan fingerprint density at radius 2 is 2.04 bits per heavy atom. The molecule has 2 bridgehead atoms. The number of esters is 1. The number of piperidine rings is 1. The highest BCUT2D eigenvalue weighted by Gasteiger charge is 2.74. The van der Waals surface area contributed by atoms with Crippen LogP contribution in [0.1, 0.15) is 52.4 Å². The molecular weight excluding hydrogens is 338 g/mol. The second kappa shape index (κ2) is 4.94. The lowest BCUT2D eigenvalue weighted by Gasteiger charge is -2.59. The van der Waals surface area contributed by atoms with Gasteiger partial charge in [-0.15, -0.1) is 0 Å². The van der Waals surface area contributed by atoms with Crippen LogP contribution < -0.4 is 0 Å². The van der Waals surface area contributed by atoms with Crippen LogP contribution in [0.2, 0.25) is 0 Å². The van der Waals surface area contributed by atoms with Gasteiger partial charge in [-0.25, -0.2) is 4.79 Å². The number of fused-ring (bicyclic) bond motifs is 1. The number of nitrogens with zero attached hydrogens (tertiary/aromatic N) is 1. The molecule has 2 saturated heterocycles. The highest BCUT2D eigenvalue weighted by atomic mass is 16.5. The molecule has 6 rings (SSSR count). The fourth-order valence-corrected chi connectivity index (χ4v) is 8.44. The molecule has 2 heterocycles. The molecule has 0 aromatic rings. The largest absolute Gasteiger partial charge is 0.466 e. The molecule has 3 fully saturated rings. The van der Waals surface area contributed by atoms with Crippen molar-refractivity contribution in [2.45, 2.75) is 58.4 Å². The topological polar surface area (TPSA) is 46.6 Å². The quantitative estimate of drug-likeness (QED) is 0.668. The van der Waals surface area contributed by atoms with Crippen molar-refractivity contribution in [2.24, 2.45) is 28.6 Å². The van der Waals surface area contributed by atoms with E-state index >= 15 is 0 Å². The van der Waals surface area contributed by atoms with Crippen LogP contribution >= 0.6 is 0 Å². The van der Waals surface area contributed by atoms with Crippen LogP contribution in [0.5, 0.6) is 0 Å². The van der Waals surface area contributed by atoms with Gasteiger partial charge in [0.15, 0.2) is 0 Å². The van der Waals surface area contributed by atoms with Gasteiger partial charge in [0.25, 0.3) is 0 Å². The summed E-state index contributed by atoms with van der Waals surface area (Å²) in [6, 6.07) is 0.493. The van der Waals surface area contributed by atoms with E-state index in [2.05, 4.69) is 18.7 Å². The molecule has 0 N–H and O–H groups in total. The third-order valence-corrected chi connectivity index (χ3v) is 9.59. The Balaban J connectivity index is 1.64. The van der Waals surface area contributed by atoms with Gasteiger partial charge >= 0.3 is 5.97 Å². The van der Waals surface area contributed by atoms with Crippen molar-refractivity contribution in [1.82, 2.24) is 4.90 Å². The van der Waals surface area contributed by atoms with Gasteiger partial charge < -0.3 is 4.74 Å². The van der Waals surface area contributed by atoms with E-state index in [1.54, 1.807) is 0 Å². The van der Waals surface area contributed by atoms with Crippen molar-refractivity contribution in [3.05, 3.63) is 22.3 Å². The molecule has 27 heavy (non-hydrogen) atoms. The number of ether oxygens (including phenoxy) is 1. The van der Waals surface area contributed by atoms with Crippen LogP contribution in [0.25, 0.3) is 0 Å². The smallest absolute Gasteiger partial charge is 0.334 e. The van der Waals surface area contributed by atoms with E-state index in [9.17, 15) is 9.59 Å². The van der Waals surface area contributed by atoms with Crippen molar-refractivity contribution >= 4 is 11.8 Å². The third kappa shape index (κ3) is 1.60. The lowest BCUT2D eigenvalue weighted by Crippen LogP contribution is -2.65. The molecule has 0 unspecified atom stereocenters. The van der Waals surface area contributed by atoms with Crippen LogP contribution in [0.3, 0.4) is 0 Å². The summed E-state index contributed by atoms with van der Waals surface area (Å²) in [6.07, 6.45) is 5.92. The van der Waals surface area contributed by atoms with Crippen LogP contribution in [-0.4, -0.2) is 42.9 Å². The zero-order chi connectivity index (χ0) is 18.7. The molecule has 1 spiro atoms. The summed E-state index contributed by atoms with van der Waals surface area (Å²) < 4.78 is 5.18. The lowest BCUT2D eigenvalue weighted by atomic mass is 9.45. The van der Waals surface area contributed by atoms with Gasteiger partial charge in [0.1, 0.15) is 5.78 Å². The number of methoxy groups -OCH3 is 1. The summed E-state index contributed by atoms with van der Waals surface area (Å²) >= 11 is 0. The third-order valence-electron chi connectivity index (χ3n) is 9.59. The lowest BCUT2D eigenvalue weighted by molar-refractivity contribution is -0.156. The number of hydrogen-bond acceptors (Lipinski definition) is 4. The summed E-state index contributed by atoms with van der Waals surface area (Å²) in [5.41, 5.74) is 4.33. The molecule has 1 saturated carbocycles. The Morgan fingerprint density at radius 3 is 2.81 bits per heavy atom. The van der Waals surface area contributed by atoms with Gasteiger partial charge in [0.05, 0.1) is 12.5 Å². The molecule has 4 heteroatoms. The first-order valence-electron chi connectivity index (χ1n) is 10.7. The second-order valence-electron chi connectivity index (χ2n) is 10.2. The fraction of sp³-hybridized carbons (Fsp3) is 0.739. The van der Waals surface area contributed by atoms with Crippen molar-refractivity contribution < 1.29 is 14.3 Å². The zero-order valence-electron chi connectivity index (χ0n) is 16.6. The van der Waals surface area contributed by atoms with Gasteiger partial charge in [-0.3, -0.25) is 9.69 Å². The van der Waals surface area contributed by atoms with E-state index in [0.717, 1.165) is 44.3 Å². The fourth-order valence-electron chi connectivity index (χ4n) is 8.44. The van der Waals surface area contributed by atoms with Crippen molar-refractivity contribution in [2.75, 3.05) is 20.2 Å². The van der Waals surface area contributed by atoms with E-state index in [1.807, 2.05) is 0 Å². The Kier molecular flexibility index (Phi) is 3.03. The summed E-state index contributed by atoms with van der Waals surface area (Å²) in [5, 5.41) is 0. The van der Waals surface area contributed by atoms with Crippen molar-refractivity contribution in [1.29, 1.82) is 0 Å². The van der Waals surface area contributed by atoms with Gasteiger partial charge in [0, 0.05) is 36.0 Å². The minimum Gasteiger partial charge on any atom is -0.466 e. The molecule has 4 nitrogen and oxygen atoms in total. The van der Waals surface area contributed by atoms with Crippen LogP contribution in [0.4, 0.5) is 0 Å². The SMILES string of the molecule is COC(=O)C1=C2CCC3=C2[C@@]2(C1)C(=O)[C@@H]1C[C@H]4N(C[C@@H](CC3)[C@]42C)C[C@H]1C. The monoisotopic (exact) mass is 367 g/mol. The molecule has 144 valence electrons. The molecule has 6 atom stereocenters. The van der Waals surface area contributed by atoms with E-state index in [-0.39, 0.29) is 17.3 Å². The standard InChI is InChI=1S/C23H29NO3/c1-12-10-24-11-14-6-4-13-5-7-15-17(21(26)27-3)9-23(19(13)15)20(25)16(12)8-18(24)22(14,23)2/h12,14,16,18H,4-11H2,1-3H3/t12-,14-,16-,18-,22-,23+/m1/s1. The van der Waals surface area contributed by atoms with Crippen LogP contribution in [-0.2, 0) is 14.3 Å². The van der Waals surface area contributed by atoms with Crippen molar-refractivity contribution in [3.63, 3.8) is 0 Å². The summed E-state index contributed by atoms with van der Waals surface area (Å²) in [5.74, 6) is 1.40. The number of Topliss-reactive ketones (excluding diaryl/α,β-unsaturated/α-hetero) is 1. The van der Waals surface area contributed by atoms with Crippen molar-refractivity contribution in [3.8, 4) is 0 Å². The molecular formula is C23H29NO3. The van der Waals surface area contributed by atoms with Gasteiger partial charge in [0.2, 0.25) is 0 Å². The molecule has 0 aromatic carbocycles. The van der Waals surface area contributed by atoms with Gasteiger partial charge in [-0.2, -0.15) is 0 Å². The average molecular weight is 367 g/mol. The Morgan fingerprint density at radius 1 is 1.22 bits per heavy atom. The predicted molar refractivity (Wildman–Crippen MR) is 101 cm³/mol. The maximum absolute atomic E-state index is 14.3. The first-order chi connectivity index (χ1) is 12.9. The first kappa shape index (κ1) is 16.5. The summed E-state index contributed by atoms with van der Waals surface area (Å²) in [4.78, 5) is 29.6. The predicted octanol–water partition coefficient (Wildman–Crippen LogP) is 3.28. The van der Waals surface area contributed by atoms with E-state index in [0.29, 0.717) is 30.1 Å². The average Bonchev–Trinajstić information content (AvgIpc) is 3.27. The van der Waals surface area contributed by atoms with Gasteiger partial charge in [-0.1, -0.05) is 19.4 Å². The number of carbonyl (C=O) groups excluding carboxylic acids is 2. The minimum atomic E-state index is -0.462.